The molecule has 0 aliphatic rings. The summed E-state index contributed by atoms with van der Waals surface area (Å²) in [6.07, 6.45) is 20.9. The van der Waals surface area contributed by atoms with E-state index in [4.69, 9.17) is 0 Å². The molecule has 1 unspecified atom stereocenters. The quantitative estimate of drug-likeness (QED) is 0.0925. The third kappa shape index (κ3) is 8.88. The van der Waals surface area contributed by atoms with Gasteiger partial charge in [-0.15, -0.1) is 9.24 Å². The molecular formula is C35H49P. The SMILES string of the molecule is CCCCCCCCCCCCCCCCc1ccccc1C(P)(c1ccccc1)c1ccccc1. The molecule has 0 N–H and O–H groups in total. The number of rotatable bonds is 18. The third-order valence-electron chi connectivity index (χ3n) is 7.70. The molecule has 1 heteroatoms. The molecule has 0 spiro atoms. The fraction of sp³-hybridized carbons (Fsp3) is 0.486. The Morgan fingerprint density at radius 1 is 0.472 bits per heavy atom. The molecule has 3 rings (SSSR count). The predicted molar refractivity (Wildman–Crippen MR) is 163 cm³/mol. The lowest BCUT2D eigenvalue weighted by atomic mass is 9.81. The zero-order valence-electron chi connectivity index (χ0n) is 22.8. The monoisotopic (exact) mass is 500 g/mol. The first-order valence-electron chi connectivity index (χ1n) is 14.7. The van der Waals surface area contributed by atoms with Crippen molar-refractivity contribution >= 4 is 9.24 Å². The van der Waals surface area contributed by atoms with Crippen molar-refractivity contribution in [3.05, 3.63) is 107 Å². The van der Waals surface area contributed by atoms with Crippen molar-refractivity contribution in [3.8, 4) is 0 Å². The zero-order chi connectivity index (χ0) is 25.3. The highest BCUT2D eigenvalue weighted by atomic mass is 31.0. The molecule has 0 fully saturated rings. The molecule has 0 bridgehead atoms. The summed E-state index contributed by atoms with van der Waals surface area (Å²) < 4.78 is 0. The van der Waals surface area contributed by atoms with Gasteiger partial charge in [0.15, 0.2) is 0 Å². The molecule has 0 saturated heterocycles. The van der Waals surface area contributed by atoms with Gasteiger partial charge in [-0.1, -0.05) is 175 Å². The van der Waals surface area contributed by atoms with Gasteiger partial charge in [-0.2, -0.15) is 0 Å². The average Bonchev–Trinajstić information content (AvgIpc) is 2.94. The molecule has 1 atom stereocenters. The Bertz CT molecular complexity index is 907. The lowest BCUT2D eigenvalue weighted by Crippen LogP contribution is -2.23. The average molecular weight is 501 g/mol. The van der Waals surface area contributed by atoms with Gasteiger partial charge in [-0.05, 0) is 35.1 Å². The van der Waals surface area contributed by atoms with Gasteiger partial charge in [-0.25, -0.2) is 0 Å². The fourth-order valence-electron chi connectivity index (χ4n) is 5.51. The first-order chi connectivity index (χ1) is 17.8. The first-order valence-corrected chi connectivity index (χ1v) is 15.3. The topological polar surface area (TPSA) is 0 Å². The Morgan fingerprint density at radius 2 is 0.861 bits per heavy atom. The molecule has 0 aromatic heterocycles. The van der Waals surface area contributed by atoms with Gasteiger partial charge >= 0.3 is 0 Å². The Balaban J connectivity index is 1.46. The molecule has 0 amide bonds. The van der Waals surface area contributed by atoms with Crippen LogP contribution in [0.15, 0.2) is 84.9 Å². The van der Waals surface area contributed by atoms with E-state index in [-0.39, 0.29) is 5.16 Å². The molecule has 0 nitrogen and oxygen atoms in total. The molecule has 194 valence electrons. The number of aryl methyl sites for hydroxylation is 1. The van der Waals surface area contributed by atoms with E-state index >= 15 is 0 Å². The van der Waals surface area contributed by atoms with E-state index in [1.54, 1.807) is 0 Å². The van der Waals surface area contributed by atoms with Crippen LogP contribution < -0.4 is 0 Å². The largest absolute Gasteiger partial charge is 0.117 e. The lowest BCUT2D eigenvalue weighted by molar-refractivity contribution is 0.535. The van der Waals surface area contributed by atoms with E-state index < -0.39 is 0 Å². The van der Waals surface area contributed by atoms with Crippen molar-refractivity contribution in [2.24, 2.45) is 0 Å². The van der Waals surface area contributed by atoms with Gasteiger partial charge < -0.3 is 0 Å². The van der Waals surface area contributed by atoms with Crippen molar-refractivity contribution < 1.29 is 0 Å². The minimum atomic E-state index is -0.227. The van der Waals surface area contributed by atoms with Crippen LogP contribution in [0.5, 0.6) is 0 Å². The normalized spacial score (nSPS) is 11.6. The number of hydrogen-bond donors (Lipinski definition) is 0. The Morgan fingerprint density at radius 3 is 1.33 bits per heavy atom. The summed E-state index contributed by atoms with van der Waals surface area (Å²) in [5.74, 6) is 0. The maximum absolute atomic E-state index is 3.22. The molecule has 0 aliphatic heterocycles. The smallest absolute Gasteiger partial charge is 0.0594 e. The second-order valence-corrected chi connectivity index (χ2v) is 11.4. The predicted octanol–water partition coefficient (Wildman–Crippen LogP) is 10.9. The third-order valence-corrected chi connectivity index (χ3v) is 8.68. The minimum absolute atomic E-state index is 0.227. The van der Waals surface area contributed by atoms with Gasteiger partial charge in [-0.3, -0.25) is 0 Å². The van der Waals surface area contributed by atoms with E-state index in [9.17, 15) is 0 Å². The van der Waals surface area contributed by atoms with Crippen LogP contribution in [0.2, 0.25) is 0 Å². The highest BCUT2D eigenvalue weighted by molar-refractivity contribution is 7.19. The standard InChI is InChI=1S/C35H49P/c1-2-3-4-5-6-7-8-9-10-11-12-13-14-17-24-31-25-22-23-30-34(31)35(36,32-26-18-15-19-27-32)33-28-20-16-21-29-33/h15-16,18-23,25-30H,2-14,17,24,36H2,1H3. The summed E-state index contributed by atoms with van der Waals surface area (Å²) in [5, 5.41) is -0.227. The summed E-state index contributed by atoms with van der Waals surface area (Å²) in [6, 6.07) is 31.0. The molecule has 0 heterocycles. The van der Waals surface area contributed by atoms with Crippen LogP contribution in [-0.4, -0.2) is 0 Å². The molecule has 3 aromatic carbocycles. The summed E-state index contributed by atoms with van der Waals surface area (Å²) in [6.45, 7) is 2.30. The van der Waals surface area contributed by atoms with Gasteiger partial charge in [0.25, 0.3) is 0 Å². The maximum Gasteiger partial charge on any atom is 0.0594 e. The highest BCUT2D eigenvalue weighted by Crippen LogP contribution is 2.46. The Kier molecular flexibility index (Phi) is 13.3. The Labute approximate surface area is 224 Å². The van der Waals surface area contributed by atoms with Crippen molar-refractivity contribution in [1.29, 1.82) is 0 Å². The van der Waals surface area contributed by atoms with Crippen LogP contribution in [0.25, 0.3) is 0 Å². The first kappa shape index (κ1) is 28.7. The molecule has 36 heavy (non-hydrogen) atoms. The van der Waals surface area contributed by atoms with Crippen molar-refractivity contribution in [2.45, 2.75) is 108 Å². The van der Waals surface area contributed by atoms with Crippen LogP contribution in [0.1, 0.15) is 119 Å². The zero-order valence-corrected chi connectivity index (χ0v) is 23.9. The fourth-order valence-corrected chi connectivity index (χ4v) is 6.18. The molecule has 0 radical (unpaired) electrons. The number of benzene rings is 3. The van der Waals surface area contributed by atoms with Crippen LogP contribution in [0, 0.1) is 0 Å². The highest BCUT2D eigenvalue weighted by Gasteiger charge is 2.32. The van der Waals surface area contributed by atoms with E-state index in [0.29, 0.717) is 0 Å². The van der Waals surface area contributed by atoms with E-state index in [1.807, 2.05) is 0 Å². The van der Waals surface area contributed by atoms with Crippen molar-refractivity contribution in [1.82, 2.24) is 0 Å². The summed E-state index contributed by atoms with van der Waals surface area (Å²) in [7, 11) is 3.22. The molecule has 0 saturated carbocycles. The second-order valence-electron chi connectivity index (χ2n) is 10.5. The van der Waals surface area contributed by atoms with Crippen LogP contribution >= 0.6 is 9.24 Å². The van der Waals surface area contributed by atoms with E-state index in [0.717, 1.165) is 6.42 Å². The van der Waals surface area contributed by atoms with E-state index in [2.05, 4.69) is 101 Å². The van der Waals surface area contributed by atoms with Gasteiger partial charge in [0, 0.05) is 0 Å². The van der Waals surface area contributed by atoms with Gasteiger partial charge in [0.2, 0.25) is 0 Å². The van der Waals surface area contributed by atoms with Crippen LogP contribution in [0.4, 0.5) is 0 Å². The van der Waals surface area contributed by atoms with Gasteiger partial charge in [0.1, 0.15) is 0 Å². The summed E-state index contributed by atoms with van der Waals surface area (Å²) >= 11 is 0. The van der Waals surface area contributed by atoms with Crippen molar-refractivity contribution in [3.63, 3.8) is 0 Å². The maximum atomic E-state index is 3.22. The second kappa shape index (κ2) is 16.8. The van der Waals surface area contributed by atoms with Gasteiger partial charge in [0.05, 0.1) is 5.16 Å². The number of hydrogen-bond acceptors (Lipinski definition) is 0. The molecule has 3 aromatic rings. The molecule has 0 aliphatic carbocycles. The summed E-state index contributed by atoms with van der Waals surface area (Å²) in [5.41, 5.74) is 5.56. The van der Waals surface area contributed by atoms with Crippen LogP contribution in [-0.2, 0) is 11.6 Å². The lowest BCUT2D eigenvalue weighted by Gasteiger charge is -2.33. The minimum Gasteiger partial charge on any atom is -0.117 e. The summed E-state index contributed by atoms with van der Waals surface area (Å²) in [4.78, 5) is 0. The van der Waals surface area contributed by atoms with E-state index in [1.165, 1.54) is 112 Å². The number of unbranched alkanes of at least 4 members (excludes halogenated alkanes) is 13. The van der Waals surface area contributed by atoms with Crippen LogP contribution in [0.3, 0.4) is 0 Å². The Hall–Kier alpha value is -1.91. The van der Waals surface area contributed by atoms with Crippen molar-refractivity contribution in [2.75, 3.05) is 0 Å². The molecular weight excluding hydrogens is 451 g/mol.